The number of aliphatic hydroxyl groups is 3. The number of benzene rings is 3. The molecular formula is C54H73N3O8. The molecule has 0 amide bonds. The van der Waals surface area contributed by atoms with Crippen LogP contribution in [0.5, 0.6) is 28.7 Å². The van der Waals surface area contributed by atoms with Crippen molar-refractivity contribution in [3.05, 3.63) is 76.4 Å². The molecule has 65 heavy (non-hydrogen) atoms. The van der Waals surface area contributed by atoms with Crippen LogP contribution in [0, 0.1) is 35.0 Å². The van der Waals surface area contributed by atoms with E-state index >= 15 is 0 Å². The van der Waals surface area contributed by atoms with Gasteiger partial charge in [-0.1, -0.05) is 45.4 Å². The number of rotatable bonds is 4. The molecule has 11 atom stereocenters. The second kappa shape index (κ2) is 19.0. The van der Waals surface area contributed by atoms with E-state index in [9.17, 15) is 25.5 Å². The van der Waals surface area contributed by atoms with Crippen molar-refractivity contribution in [3.8, 4) is 39.9 Å². The Morgan fingerprint density at radius 2 is 1.72 bits per heavy atom. The van der Waals surface area contributed by atoms with Crippen molar-refractivity contribution in [1.82, 2.24) is 5.32 Å². The van der Waals surface area contributed by atoms with Gasteiger partial charge in [0.25, 0.3) is 0 Å². The van der Waals surface area contributed by atoms with Crippen molar-refractivity contribution in [3.63, 3.8) is 0 Å². The van der Waals surface area contributed by atoms with Gasteiger partial charge in [-0.2, -0.15) is 0 Å². The Morgan fingerprint density at radius 1 is 0.892 bits per heavy atom. The number of fused-ring (bicyclic) bond motifs is 2. The number of phenolic OH excluding ortho intramolecular Hbond substituents is 2. The van der Waals surface area contributed by atoms with Crippen molar-refractivity contribution in [2.45, 2.75) is 154 Å². The van der Waals surface area contributed by atoms with Crippen molar-refractivity contribution < 1.29 is 39.7 Å². The standard InChI is InChI=1S/C54H73N3O8/c1-5-31-21-33-11-10-32(31)22-37(58)8-7-18-56-53(55)57-19-15-42-46(9-6-16-54(42)17-14-38(59)29-54)64-48-26-34(12-13-43(48)60)52-45(62)27-41-47(65-52)28-49(63-4)51-40-24-36(20-30(2)3)44(61)25-35(40)23-39(33)50(41)51/h10-13,24-26,28,30-33,37-39,42,45-46,52,58-62H,5-9,14-23,27,29H2,1-4H3,(H3,55,56,57). The number of nitrogens with one attached hydrogen (secondary N) is 1. The molecule has 0 radical (unpaired) electrons. The van der Waals surface area contributed by atoms with Gasteiger partial charge in [0.05, 0.1) is 25.4 Å². The zero-order chi connectivity index (χ0) is 45.6. The van der Waals surface area contributed by atoms with E-state index in [1.807, 2.05) is 24.3 Å². The van der Waals surface area contributed by atoms with Gasteiger partial charge in [-0.3, -0.25) is 4.99 Å². The van der Waals surface area contributed by atoms with E-state index in [4.69, 9.17) is 19.9 Å². The second-order valence-electron chi connectivity index (χ2n) is 21.0. The lowest BCUT2D eigenvalue weighted by Gasteiger charge is -2.46. The maximum absolute atomic E-state index is 12.3. The van der Waals surface area contributed by atoms with Crippen molar-refractivity contribution in [2.75, 3.05) is 20.2 Å². The number of aliphatic hydroxyl groups excluding tert-OH is 3. The van der Waals surface area contributed by atoms with E-state index in [1.54, 1.807) is 13.2 Å². The summed E-state index contributed by atoms with van der Waals surface area (Å²) < 4.78 is 20.1. The number of hydrogen-bond acceptors (Lipinski definition) is 11. The maximum Gasteiger partial charge on any atom is 0.188 e. The van der Waals surface area contributed by atoms with E-state index in [2.05, 4.69) is 49.3 Å². The van der Waals surface area contributed by atoms with E-state index < -0.39 is 18.3 Å². The number of aliphatic imine (C=N–C) groups is 1. The molecule has 5 heterocycles. The normalized spacial score (nSPS) is 32.5. The number of guanidine groups is 1. The molecule has 5 aliphatic heterocycles. The largest absolute Gasteiger partial charge is 0.508 e. The van der Waals surface area contributed by atoms with Gasteiger partial charge in [-0.15, -0.1) is 0 Å². The zero-order valence-corrected chi connectivity index (χ0v) is 39.0. The first-order valence-electron chi connectivity index (χ1n) is 24.9. The van der Waals surface area contributed by atoms with Crippen LogP contribution in [0.15, 0.2) is 53.5 Å². The maximum atomic E-state index is 12.3. The molecule has 1 spiro atoms. The topological polar surface area (TPSA) is 179 Å². The lowest BCUT2D eigenvalue weighted by Crippen LogP contribution is -2.46. The Labute approximate surface area is 385 Å². The summed E-state index contributed by atoms with van der Waals surface area (Å²) >= 11 is 0. The Hall–Kier alpha value is -4.45. The Bertz CT molecular complexity index is 2250. The van der Waals surface area contributed by atoms with Crippen molar-refractivity contribution >= 4 is 5.96 Å². The second-order valence-corrected chi connectivity index (χ2v) is 21.0. The van der Waals surface area contributed by atoms with Crippen LogP contribution in [0.1, 0.15) is 138 Å². The predicted molar refractivity (Wildman–Crippen MR) is 254 cm³/mol. The number of ether oxygens (including phenoxy) is 3. The molecule has 0 saturated heterocycles. The summed E-state index contributed by atoms with van der Waals surface area (Å²) in [6.07, 6.45) is 13.9. The molecule has 11 unspecified atom stereocenters. The summed E-state index contributed by atoms with van der Waals surface area (Å²) in [5.74, 6) is 3.76. The third kappa shape index (κ3) is 9.18. The summed E-state index contributed by atoms with van der Waals surface area (Å²) in [6, 6.07) is 11.4. The number of nitrogens with zero attached hydrogens (tertiary/aromatic N) is 1. The molecule has 2 fully saturated rings. The molecule has 8 bridgehead atoms. The quantitative estimate of drug-likeness (QED) is 0.125. The molecule has 2 saturated carbocycles. The van der Waals surface area contributed by atoms with E-state index in [0.717, 1.165) is 110 Å². The minimum absolute atomic E-state index is 0.0251. The van der Waals surface area contributed by atoms with Crippen molar-refractivity contribution in [2.24, 2.45) is 45.7 Å². The SMILES string of the molecule is CCC1CC2C=CC1CC(O)CCCN=C(N)NCCC1C(CCCC13CCC(O)C3)Oc1cc(ccc1O)C1Oc3cc(OC)c4c(c3CC1O)C2Cc1cc(O)c(CC(C)C)cc1-4. The van der Waals surface area contributed by atoms with Crippen LogP contribution >= 0.6 is 0 Å². The highest BCUT2D eigenvalue weighted by Crippen LogP contribution is 2.57. The first kappa shape index (κ1) is 45.7. The molecular weight excluding hydrogens is 819 g/mol. The first-order chi connectivity index (χ1) is 31.3. The molecule has 9 aliphatic rings. The van der Waals surface area contributed by atoms with Gasteiger partial charge in [-0.05, 0) is 171 Å². The molecule has 8 N–H and O–H groups in total. The Morgan fingerprint density at radius 3 is 2.49 bits per heavy atom. The van der Waals surface area contributed by atoms with Crippen LogP contribution < -0.4 is 25.3 Å². The van der Waals surface area contributed by atoms with Crippen LogP contribution in [-0.4, -0.2) is 76.1 Å². The monoisotopic (exact) mass is 892 g/mol. The van der Waals surface area contributed by atoms with E-state index in [-0.39, 0.29) is 47.0 Å². The third-order valence-electron chi connectivity index (χ3n) is 16.4. The number of aromatic hydroxyl groups is 2. The van der Waals surface area contributed by atoms with E-state index in [0.29, 0.717) is 78.7 Å². The van der Waals surface area contributed by atoms with Crippen molar-refractivity contribution in [1.29, 1.82) is 0 Å². The number of methoxy groups -OCH3 is 1. The lowest BCUT2D eigenvalue weighted by atomic mass is 9.62. The molecule has 0 aromatic heterocycles. The predicted octanol–water partition coefficient (Wildman–Crippen LogP) is 8.79. The highest BCUT2D eigenvalue weighted by molar-refractivity contribution is 5.84. The van der Waals surface area contributed by atoms with Crippen LogP contribution in [0.4, 0.5) is 0 Å². The lowest BCUT2D eigenvalue weighted by molar-refractivity contribution is -0.0218. The summed E-state index contributed by atoms with van der Waals surface area (Å²) in [5.41, 5.74) is 13.2. The molecule has 4 aliphatic carbocycles. The number of allylic oxidation sites excluding steroid dienone is 2. The van der Waals surface area contributed by atoms with E-state index in [1.165, 1.54) is 0 Å². The summed E-state index contributed by atoms with van der Waals surface area (Å²) in [6.45, 7) is 7.71. The van der Waals surface area contributed by atoms with Gasteiger partial charge in [-0.25, -0.2) is 0 Å². The molecule has 3 aromatic carbocycles. The van der Waals surface area contributed by atoms with Gasteiger partial charge in [0, 0.05) is 42.6 Å². The molecule has 12 rings (SSSR count). The van der Waals surface area contributed by atoms with Gasteiger partial charge in [0.2, 0.25) is 0 Å². The van der Waals surface area contributed by atoms with Gasteiger partial charge < -0.3 is 50.8 Å². The molecule has 3 aromatic rings. The smallest absolute Gasteiger partial charge is 0.188 e. The summed E-state index contributed by atoms with van der Waals surface area (Å²) in [5, 5.41) is 60.6. The molecule has 11 heteroatoms. The van der Waals surface area contributed by atoms with Crippen LogP contribution in [0.3, 0.4) is 0 Å². The van der Waals surface area contributed by atoms with Gasteiger partial charge in [0.1, 0.15) is 29.5 Å². The number of nitrogens with two attached hydrogens (primary N) is 1. The fourth-order valence-corrected chi connectivity index (χ4v) is 13.2. The number of phenols is 2. The Balaban J connectivity index is 1.13. The van der Waals surface area contributed by atoms with Crippen LogP contribution in [0.25, 0.3) is 11.1 Å². The minimum Gasteiger partial charge on any atom is -0.508 e. The molecule has 11 nitrogen and oxygen atoms in total. The van der Waals surface area contributed by atoms with Crippen LogP contribution in [0.2, 0.25) is 0 Å². The Kier molecular flexibility index (Phi) is 13.4. The van der Waals surface area contributed by atoms with Crippen LogP contribution in [-0.2, 0) is 19.3 Å². The summed E-state index contributed by atoms with van der Waals surface area (Å²) in [7, 11) is 1.71. The molecule has 352 valence electrons. The fourth-order valence-electron chi connectivity index (χ4n) is 13.2. The average Bonchev–Trinajstić information content (AvgIpc) is 3.65. The number of hydrogen-bond donors (Lipinski definition) is 7. The summed E-state index contributed by atoms with van der Waals surface area (Å²) in [4.78, 5) is 4.63. The average molecular weight is 892 g/mol. The van der Waals surface area contributed by atoms with Gasteiger partial charge >= 0.3 is 0 Å². The fraction of sp³-hybridized carbons (Fsp3) is 0.611. The third-order valence-corrected chi connectivity index (χ3v) is 16.4. The highest BCUT2D eigenvalue weighted by atomic mass is 16.5. The highest BCUT2D eigenvalue weighted by Gasteiger charge is 2.50. The van der Waals surface area contributed by atoms with Gasteiger partial charge in [0.15, 0.2) is 17.5 Å². The zero-order valence-electron chi connectivity index (χ0n) is 39.0. The minimum atomic E-state index is -0.894. The first-order valence-corrected chi connectivity index (χ1v) is 24.9.